The zero-order chi connectivity index (χ0) is 22.7. The number of nitrogens with zero attached hydrogens (tertiary/aromatic N) is 2. The van der Waals surface area contributed by atoms with Gasteiger partial charge in [-0.15, -0.1) is 12.4 Å². The number of hydrogen-bond acceptors (Lipinski definition) is 4. The number of piperidine rings is 1. The summed E-state index contributed by atoms with van der Waals surface area (Å²) in [6, 6.07) is 22.0. The number of carbonyl (C=O) groups excluding carboxylic acids is 1. The predicted molar refractivity (Wildman–Crippen MR) is 135 cm³/mol. The van der Waals surface area contributed by atoms with Crippen molar-refractivity contribution in [3.8, 4) is 5.75 Å². The minimum Gasteiger partial charge on any atom is -0.497 e. The van der Waals surface area contributed by atoms with Crippen LogP contribution < -0.4 is 4.74 Å². The van der Waals surface area contributed by atoms with Gasteiger partial charge in [-0.05, 0) is 54.5 Å². The molecule has 1 fully saturated rings. The zero-order valence-electron chi connectivity index (χ0n) is 19.5. The highest BCUT2D eigenvalue weighted by atomic mass is 35.5. The van der Waals surface area contributed by atoms with Crippen molar-refractivity contribution in [3.63, 3.8) is 0 Å². The van der Waals surface area contributed by atoms with Gasteiger partial charge in [-0.25, -0.2) is 0 Å². The Morgan fingerprint density at radius 2 is 1.85 bits per heavy atom. The van der Waals surface area contributed by atoms with Gasteiger partial charge in [-0.2, -0.15) is 0 Å². The van der Waals surface area contributed by atoms with E-state index in [9.17, 15) is 9.90 Å². The molecule has 0 aromatic heterocycles. The van der Waals surface area contributed by atoms with Crippen molar-refractivity contribution in [1.82, 2.24) is 9.80 Å². The van der Waals surface area contributed by atoms with E-state index in [4.69, 9.17) is 4.74 Å². The van der Waals surface area contributed by atoms with E-state index in [2.05, 4.69) is 23.1 Å². The van der Waals surface area contributed by atoms with E-state index in [0.717, 1.165) is 27.6 Å². The highest BCUT2D eigenvalue weighted by molar-refractivity contribution is 5.90. The van der Waals surface area contributed by atoms with Crippen molar-refractivity contribution in [2.24, 2.45) is 5.92 Å². The highest BCUT2D eigenvalue weighted by Gasteiger charge is 2.44. The third-order valence-electron chi connectivity index (χ3n) is 6.61. The Morgan fingerprint density at radius 3 is 2.61 bits per heavy atom. The van der Waals surface area contributed by atoms with Gasteiger partial charge in [-0.1, -0.05) is 54.6 Å². The normalized spacial score (nSPS) is 20.5. The molecule has 0 bridgehead atoms. The number of hydrogen-bond donors (Lipinski definition) is 1. The number of fused-ring (bicyclic) bond motifs is 1. The van der Waals surface area contributed by atoms with Crippen molar-refractivity contribution in [2.75, 3.05) is 40.8 Å². The minimum absolute atomic E-state index is 0. The van der Waals surface area contributed by atoms with Crippen LogP contribution in [0.4, 0.5) is 0 Å². The van der Waals surface area contributed by atoms with Crippen molar-refractivity contribution in [2.45, 2.75) is 18.4 Å². The number of amides is 1. The molecule has 2 atom stereocenters. The SMILES string of the molecule is COc1cccc(C2(O)CCN(C(=O)Cc3cccc4ccccc34)CC2CN(C)C)c1.Cl. The summed E-state index contributed by atoms with van der Waals surface area (Å²) in [4.78, 5) is 17.3. The summed E-state index contributed by atoms with van der Waals surface area (Å²) in [5, 5.41) is 14.1. The first-order valence-electron chi connectivity index (χ1n) is 11.2. The van der Waals surface area contributed by atoms with E-state index in [0.29, 0.717) is 32.5 Å². The van der Waals surface area contributed by atoms with Crippen molar-refractivity contribution in [1.29, 1.82) is 0 Å². The lowest BCUT2D eigenvalue weighted by Gasteiger charge is -2.46. The van der Waals surface area contributed by atoms with Crippen molar-refractivity contribution < 1.29 is 14.6 Å². The van der Waals surface area contributed by atoms with Gasteiger partial charge in [0.15, 0.2) is 0 Å². The van der Waals surface area contributed by atoms with E-state index >= 15 is 0 Å². The first-order chi connectivity index (χ1) is 15.4. The molecule has 0 aliphatic carbocycles. The van der Waals surface area contributed by atoms with Crippen LogP contribution in [0.3, 0.4) is 0 Å². The fourth-order valence-electron chi connectivity index (χ4n) is 4.89. The lowest BCUT2D eigenvalue weighted by molar-refractivity contribution is -0.141. The van der Waals surface area contributed by atoms with Gasteiger partial charge < -0.3 is 19.6 Å². The molecule has 0 radical (unpaired) electrons. The number of halogens is 1. The molecule has 1 amide bonds. The molecule has 1 N–H and O–H groups in total. The number of aliphatic hydroxyl groups is 1. The van der Waals surface area contributed by atoms with Crippen LogP contribution in [0.25, 0.3) is 10.8 Å². The molecule has 5 nitrogen and oxygen atoms in total. The molecule has 4 rings (SSSR count). The molecule has 1 aliphatic rings. The molecule has 3 aromatic rings. The predicted octanol–water partition coefficient (Wildman–Crippen LogP) is 4.11. The summed E-state index contributed by atoms with van der Waals surface area (Å²) in [6.45, 7) is 1.74. The van der Waals surface area contributed by atoms with Crippen LogP contribution in [0.5, 0.6) is 5.75 Å². The monoisotopic (exact) mass is 468 g/mol. The van der Waals surface area contributed by atoms with E-state index in [1.54, 1.807) is 7.11 Å². The molecule has 6 heteroatoms. The average molecular weight is 469 g/mol. The fourth-order valence-corrected chi connectivity index (χ4v) is 4.89. The molecule has 1 heterocycles. The van der Waals surface area contributed by atoms with E-state index in [1.807, 2.05) is 67.5 Å². The lowest BCUT2D eigenvalue weighted by Crippen LogP contribution is -2.54. The average Bonchev–Trinajstić information content (AvgIpc) is 2.80. The molecule has 0 saturated carbocycles. The third-order valence-corrected chi connectivity index (χ3v) is 6.61. The summed E-state index contributed by atoms with van der Waals surface area (Å²) < 4.78 is 5.38. The molecule has 1 aliphatic heterocycles. The summed E-state index contributed by atoms with van der Waals surface area (Å²) in [7, 11) is 5.64. The Labute approximate surface area is 202 Å². The molecule has 0 spiro atoms. The van der Waals surface area contributed by atoms with Crippen LogP contribution in [0.2, 0.25) is 0 Å². The van der Waals surface area contributed by atoms with Gasteiger partial charge in [-0.3, -0.25) is 4.79 Å². The standard InChI is InChI=1S/C27H32N2O3.ClH/c1-28(2)18-23-19-29(15-14-27(23,31)22-11-7-12-24(17-22)32-3)26(30)16-21-10-6-9-20-8-4-5-13-25(20)21;/h4-13,17,23,31H,14-16,18-19H2,1-3H3;1H. The maximum Gasteiger partial charge on any atom is 0.227 e. The van der Waals surface area contributed by atoms with E-state index in [-0.39, 0.29) is 24.2 Å². The molecule has 33 heavy (non-hydrogen) atoms. The lowest BCUT2D eigenvalue weighted by atomic mass is 9.75. The van der Waals surface area contributed by atoms with Gasteiger partial charge in [0.05, 0.1) is 19.1 Å². The Hall–Kier alpha value is -2.60. The Balaban J connectivity index is 0.00000306. The first kappa shape index (κ1) is 25.0. The minimum atomic E-state index is -1.00. The van der Waals surface area contributed by atoms with E-state index in [1.165, 1.54) is 0 Å². The maximum atomic E-state index is 13.3. The first-order valence-corrected chi connectivity index (χ1v) is 11.2. The number of methoxy groups -OCH3 is 1. The Morgan fingerprint density at radius 1 is 1.12 bits per heavy atom. The number of likely N-dealkylation sites (tertiary alicyclic amines) is 1. The quantitative estimate of drug-likeness (QED) is 0.591. The van der Waals surface area contributed by atoms with Gasteiger partial charge in [0, 0.05) is 25.6 Å². The van der Waals surface area contributed by atoms with Gasteiger partial charge >= 0.3 is 0 Å². The van der Waals surface area contributed by atoms with Crippen LogP contribution in [-0.2, 0) is 16.8 Å². The van der Waals surface area contributed by atoms with Gasteiger partial charge in [0.2, 0.25) is 5.91 Å². The highest BCUT2D eigenvalue weighted by Crippen LogP contribution is 2.39. The second-order valence-corrected chi connectivity index (χ2v) is 9.02. The van der Waals surface area contributed by atoms with Crippen molar-refractivity contribution in [3.05, 3.63) is 77.9 Å². The maximum absolute atomic E-state index is 13.3. The molecule has 3 aromatic carbocycles. The third kappa shape index (κ3) is 5.32. The Bertz CT molecular complexity index is 1100. The fraction of sp³-hybridized carbons (Fsp3) is 0.370. The van der Waals surface area contributed by atoms with Gasteiger partial charge in [0.1, 0.15) is 5.75 Å². The van der Waals surface area contributed by atoms with Gasteiger partial charge in [0.25, 0.3) is 0 Å². The van der Waals surface area contributed by atoms with Crippen molar-refractivity contribution >= 4 is 29.1 Å². The number of benzene rings is 3. The summed E-state index contributed by atoms with van der Waals surface area (Å²) in [6.07, 6.45) is 0.869. The topological polar surface area (TPSA) is 53.0 Å². The van der Waals surface area contributed by atoms with Crippen LogP contribution in [0.15, 0.2) is 66.7 Å². The largest absolute Gasteiger partial charge is 0.497 e. The second-order valence-electron chi connectivity index (χ2n) is 9.02. The zero-order valence-corrected chi connectivity index (χ0v) is 20.3. The summed E-state index contributed by atoms with van der Waals surface area (Å²) in [5.74, 6) is 0.738. The number of ether oxygens (including phenoxy) is 1. The van der Waals surface area contributed by atoms with E-state index < -0.39 is 5.60 Å². The summed E-state index contributed by atoms with van der Waals surface area (Å²) >= 11 is 0. The van der Waals surface area contributed by atoms with Crippen LogP contribution in [-0.4, -0.2) is 61.7 Å². The number of rotatable bonds is 6. The Kier molecular flexibility index (Phi) is 8.01. The number of carbonyl (C=O) groups is 1. The van der Waals surface area contributed by atoms with Crippen LogP contribution >= 0.6 is 12.4 Å². The molecule has 176 valence electrons. The molecular weight excluding hydrogens is 436 g/mol. The molecule has 2 unspecified atom stereocenters. The van der Waals surface area contributed by atoms with Crippen LogP contribution in [0.1, 0.15) is 17.5 Å². The summed E-state index contributed by atoms with van der Waals surface area (Å²) in [5.41, 5.74) is 0.894. The molecular formula is C27H33ClN2O3. The molecule has 1 saturated heterocycles. The smallest absolute Gasteiger partial charge is 0.227 e. The second kappa shape index (κ2) is 10.6. The van der Waals surface area contributed by atoms with Crippen LogP contribution in [0, 0.1) is 5.92 Å².